The number of hydrogen-bond acceptors (Lipinski definition) is 7. The Labute approximate surface area is 215 Å². The van der Waals surface area contributed by atoms with Gasteiger partial charge in [0.1, 0.15) is 5.41 Å². The van der Waals surface area contributed by atoms with Crippen molar-refractivity contribution >= 4 is 17.8 Å². The van der Waals surface area contributed by atoms with Gasteiger partial charge >= 0.3 is 6.03 Å². The first-order valence-electron chi connectivity index (χ1n) is 12.1. The molecule has 1 aliphatic heterocycles. The van der Waals surface area contributed by atoms with Gasteiger partial charge in [0.05, 0.1) is 14.2 Å². The number of urea groups is 1. The van der Waals surface area contributed by atoms with Gasteiger partial charge < -0.3 is 9.47 Å². The fraction of sp³-hybridized carbons (Fsp3) is 0.321. The van der Waals surface area contributed by atoms with E-state index in [1.165, 1.54) is 0 Å². The zero-order valence-corrected chi connectivity index (χ0v) is 21.0. The molecule has 9 heteroatoms. The van der Waals surface area contributed by atoms with Gasteiger partial charge in [-0.15, -0.1) is 0 Å². The Hall–Kier alpha value is -4.27. The third kappa shape index (κ3) is 5.77. The molecular weight excluding hydrogens is 472 g/mol. The summed E-state index contributed by atoms with van der Waals surface area (Å²) < 4.78 is 10.7. The second-order valence-corrected chi connectivity index (χ2v) is 8.95. The maximum atomic E-state index is 13.9. The van der Waals surface area contributed by atoms with Crippen molar-refractivity contribution in [3.63, 3.8) is 0 Å². The van der Waals surface area contributed by atoms with Crippen LogP contribution < -0.4 is 14.8 Å². The van der Waals surface area contributed by atoms with E-state index in [-0.39, 0.29) is 19.4 Å². The molecule has 0 saturated carbocycles. The first-order chi connectivity index (χ1) is 18.0. The van der Waals surface area contributed by atoms with Crippen LogP contribution in [0.1, 0.15) is 29.5 Å². The number of benzene rings is 1. The van der Waals surface area contributed by atoms with Crippen molar-refractivity contribution in [3.05, 3.63) is 83.9 Å². The quantitative estimate of drug-likeness (QED) is 0.400. The molecule has 3 aromatic rings. The van der Waals surface area contributed by atoms with E-state index in [1.807, 2.05) is 36.4 Å². The fourth-order valence-electron chi connectivity index (χ4n) is 4.59. The number of ether oxygens (including phenoxy) is 2. The van der Waals surface area contributed by atoms with Crippen LogP contribution in [-0.4, -0.2) is 53.5 Å². The van der Waals surface area contributed by atoms with Gasteiger partial charge in [0.25, 0.3) is 0 Å². The molecule has 37 heavy (non-hydrogen) atoms. The molecule has 0 unspecified atom stereocenters. The van der Waals surface area contributed by atoms with E-state index in [2.05, 4.69) is 15.3 Å². The monoisotopic (exact) mass is 502 g/mol. The van der Waals surface area contributed by atoms with Crippen LogP contribution in [0, 0.1) is 5.41 Å². The molecule has 1 saturated heterocycles. The molecule has 0 bridgehead atoms. The van der Waals surface area contributed by atoms with E-state index < -0.39 is 23.3 Å². The largest absolute Gasteiger partial charge is 0.493 e. The summed E-state index contributed by atoms with van der Waals surface area (Å²) in [6, 6.07) is 12.2. The van der Waals surface area contributed by atoms with E-state index in [1.54, 1.807) is 45.1 Å². The number of carbonyl (C=O) groups is 3. The van der Waals surface area contributed by atoms with Crippen molar-refractivity contribution in [3.8, 4) is 11.5 Å². The second-order valence-electron chi connectivity index (χ2n) is 8.95. The highest BCUT2D eigenvalue weighted by Gasteiger charge is 2.52. The Kier molecular flexibility index (Phi) is 8.12. The molecule has 0 atom stereocenters. The predicted molar refractivity (Wildman–Crippen MR) is 136 cm³/mol. The molecule has 9 nitrogen and oxygen atoms in total. The number of aromatic nitrogens is 2. The highest BCUT2D eigenvalue weighted by atomic mass is 16.5. The number of rotatable bonds is 11. The molecule has 192 valence electrons. The van der Waals surface area contributed by atoms with Crippen molar-refractivity contribution in [1.82, 2.24) is 20.2 Å². The summed E-state index contributed by atoms with van der Waals surface area (Å²) in [4.78, 5) is 49.3. The zero-order valence-electron chi connectivity index (χ0n) is 21.0. The van der Waals surface area contributed by atoms with Gasteiger partial charge in [0, 0.05) is 31.3 Å². The van der Waals surface area contributed by atoms with Crippen molar-refractivity contribution < 1.29 is 23.9 Å². The van der Waals surface area contributed by atoms with Gasteiger partial charge in [-0.2, -0.15) is 0 Å². The molecular formula is C28H30N4O5. The van der Waals surface area contributed by atoms with Crippen LogP contribution in [0.2, 0.25) is 0 Å². The zero-order chi connectivity index (χ0) is 26.3. The molecule has 1 N–H and O–H groups in total. The van der Waals surface area contributed by atoms with Crippen LogP contribution >= 0.6 is 0 Å². The Morgan fingerprint density at radius 3 is 1.86 bits per heavy atom. The summed E-state index contributed by atoms with van der Waals surface area (Å²) in [7, 11) is 3.11. The summed E-state index contributed by atoms with van der Waals surface area (Å²) in [6.07, 6.45) is 8.66. The van der Waals surface area contributed by atoms with Crippen LogP contribution in [0.4, 0.5) is 4.79 Å². The standard InChI is InChI=1S/C28H30N4O5/c1-36-23-4-3-22(19-24(23)37-2)11-18-32-26(34)28(25(33)31-27(32)35,12-5-20-7-14-29-15-8-20)13-6-21-9-16-30-17-10-21/h3-4,7-10,14-17,19H,5-6,11-13,18H2,1-2H3,(H,31,33,35). The predicted octanol–water partition coefficient (Wildman–Crippen LogP) is 3.37. The minimum atomic E-state index is -1.38. The first-order valence-corrected chi connectivity index (χ1v) is 12.1. The average Bonchev–Trinajstić information content (AvgIpc) is 2.93. The summed E-state index contributed by atoms with van der Waals surface area (Å²) in [6.45, 7) is 0.125. The first kappa shape index (κ1) is 25.8. The summed E-state index contributed by atoms with van der Waals surface area (Å²) >= 11 is 0. The molecule has 1 fully saturated rings. The van der Waals surface area contributed by atoms with E-state index in [4.69, 9.17) is 9.47 Å². The molecule has 0 aliphatic carbocycles. The number of nitrogens with zero attached hydrogens (tertiary/aromatic N) is 3. The number of carbonyl (C=O) groups excluding carboxylic acids is 3. The highest BCUT2D eigenvalue weighted by molar-refractivity contribution is 6.19. The van der Waals surface area contributed by atoms with Crippen molar-refractivity contribution in [2.75, 3.05) is 20.8 Å². The van der Waals surface area contributed by atoms with Gasteiger partial charge in [0.2, 0.25) is 11.8 Å². The number of barbiturate groups is 1. The van der Waals surface area contributed by atoms with Gasteiger partial charge in [-0.3, -0.25) is 29.8 Å². The van der Waals surface area contributed by atoms with E-state index in [0.717, 1.165) is 21.6 Å². The maximum absolute atomic E-state index is 13.9. The SMILES string of the molecule is COc1ccc(CCN2C(=O)NC(=O)C(CCc3ccncc3)(CCc3ccncc3)C2=O)cc1OC. The number of imide groups is 2. The van der Waals surface area contributed by atoms with Gasteiger partial charge in [-0.25, -0.2) is 4.79 Å². The fourth-order valence-corrected chi connectivity index (χ4v) is 4.59. The number of nitrogens with one attached hydrogen (secondary N) is 1. The summed E-state index contributed by atoms with van der Waals surface area (Å²) in [5.41, 5.74) is 1.42. The molecule has 0 spiro atoms. The molecule has 1 aliphatic rings. The van der Waals surface area contributed by atoms with Crippen molar-refractivity contribution in [2.24, 2.45) is 5.41 Å². The minimum absolute atomic E-state index is 0.125. The Morgan fingerprint density at radius 1 is 0.757 bits per heavy atom. The topological polar surface area (TPSA) is 111 Å². The van der Waals surface area contributed by atoms with E-state index >= 15 is 0 Å². The number of amides is 4. The summed E-state index contributed by atoms with van der Waals surface area (Å²) in [5, 5.41) is 2.46. The van der Waals surface area contributed by atoms with Crippen molar-refractivity contribution in [2.45, 2.75) is 32.1 Å². The number of pyridine rings is 2. The van der Waals surface area contributed by atoms with Gasteiger partial charge in [-0.05, 0) is 85.2 Å². The number of hydrogen-bond donors (Lipinski definition) is 1. The third-order valence-corrected chi connectivity index (χ3v) is 6.81. The lowest BCUT2D eigenvalue weighted by atomic mass is 9.74. The molecule has 0 radical (unpaired) electrons. The smallest absolute Gasteiger partial charge is 0.330 e. The Morgan fingerprint density at radius 2 is 1.32 bits per heavy atom. The number of methoxy groups -OCH3 is 2. The molecule has 2 aromatic heterocycles. The molecule has 4 amide bonds. The number of aryl methyl sites for hydroxylation is 2. The van der Waals surface area contributed by atoms with Crippen LogP contribution in [0.25, 0.3) is 0 Å². The summed E-state index contributed by atoms with van der Waals surface area (Å²) in [5.74, 6) is 0.140. The third-order valence-electron chi connectivity index (χ3n) is 6.81. The molecule has 4 rings (SSSR count). The highest BCUT2D eigenvalue weighted by Crippen LogP contribution is 2.36. The lowest BCUT2D eigenvalue weighted by molar-refractivity contribution is -0.152. The minimum Gasteiger partial charge on any atom is -0.493 e. The van der Waals surface area contributed by atoms with Gasteiger partial charge in [-0.1, -0.05) is 6.07 Å². The molecule has 1 aromatic carbocycles. The van der Waals surface area contributed by atoms with Crippen LogP contribution in [-0.2, 0) is 28.9 Å². The Bertz CT molecular complexity index is 1210. The van der Waals surface area contributed by atoms with E-state index in [9.17, 15) is 14.4 Å². The average molecular weight is 503 g/mol. The van der Waals surface area contributed by atoms with Crippen molar-refractivity contribution in [1.29, 1.82) is 0 Å². The second kappa shape index (κ2) is 11.6. The normalized spacial score (nSPS) is 14.9. The molecule has 3 heterocycles. The maximum Gasteiger partial charge on any atom is 0.330 e. The van der Waals surface area contributed by atoms with Crippen LogP contribution in [0.15, 0.2) is 67.3 Å². The Balaban J connectivity index is 1.58. The van der Waals surface area contributed by atoms with Gasteiger partial charge in [0.15, 0.2) is 11.5 Å². The lowest BCUT2D eigenvalue weighted by Gasteiger charge is -2.39. The van der Waals surface area contributed by atoms with E-state index in [0.29, 0.717) is 30.8 Å². The van der Waals surface area contributed by atoms with Crippen LogP contribution in [0.3, 0.4) is 0 Å². The van der Waals surface area contributed by atoms with Crippen LogP contribution in [0.5, 0.6) is 11.5 Å². The lowest BCUT2D eigenvalue weighted by Crippen LogP contribution is -2.64.